The largest absolute Gasteiger partial charge is 0.416 e. The van der Waals surface area contributed by atoms with Gasteiger partial charge in [0, 0.05) is 6.04 Å². The van der Waals surface area contributed by atoms with E-state index in [4.69, 9.17) is 0 Å². The normalized spacial score (nSPS) is 16.1. The summed E-state index contributed by atoms with van der Waals surface area (Å²) in [6, 6.07) is 3.30. The van der Waals surface area contributed by atoms with Crippen LogP contribution in [0.1, 0.15) is 49.5 Å². The van der Waals surface area contributed by atoms with Crippen molar-refractivity contribution in [2.45, 2.75) is 50.9 Å². The van der Waals surface area contributed by atoms with Crippen LogP contribution in [-0.4, -0.2) is 24.3 Å². The fourth-order valence-electron chi connectivity index (χ4n) is 3.64. The standard InChI is InChI=1S/C18H18F3N5O/c19-18(20,21)12-6-7-14-15(8-12)22-10-25(17(14)27)9-16-24-23-11-26(16)13-4-2-1-3-5-13/h6-8,10-11,13H,1-5,9H2. The first-order chi connectivity index (χ1) is 12.9. The quantitative estimate of drug-likeness (QED) is 0.700. The van der Waals surface area contributed by atoms with Gasteiger partial charge in [-0.1, -0.05) is 19.3 Å². The number of alkyl halides is 3. The van der Waals surface area contributed by atoms with Crippen LogP contribution in [0, 0.1) is 0 Å². The van der Waals surface area contributed by atoms with Crippen molar-refractivity contribution in [3.8, 4) is 0 Å². The van der Waals surface area contributed by atoms with Crippen LogP contribution in [0.4, 0.5) is 13.2 Å². The van der Waals surface area contributed by atoms with Gasteiger partial charge in [-0.15, -0.1) is 10.2 Å². The second kappa shape index (κ2) is 6.79. The molecule has 2 heterocycles. The average molecular weight is 377 g/mol. The zero-order chi connectivity index (χ0) is 19.0. The monoisotopic (exact) mass is 377 g/mol. The summed E-state index contributed by atoms with van der Waals surface area (Å²) in [5.74, 6) is 0.650. The Morgan fingerprint density at radius 1 is 1.11 bits per heavy atom. The molecule has 1 aromatic carbocycles. The van der Waals surface area contributed by atoms with Gasteiger partial charge in [0.15, 0.2) is 5.82 Å². The maximum absolute atomic E-state index is 12.8. The molecule has 142 valence electrons. The van der Waals surface area contributed by atoms with Gasteiger partial charge in [-0.05, 0) is 31.0 Å². The Labute approximate surface area is 152 Å². The van der Waals surface area contributed by atoms with Crippen molar-refractivity contribution in [2.24, 2.45) is 0 Å². The smallest absolute Gasteiger partial charge is 0.313 e. The van der Waals surface area contributed by atoms with E-state index in [1.807, 2.05) is 4.57 Å². The van der Waals surface area contributed by atoms with Crippen molar-refractivity contribution in [2.75, 3.05) is 0 Å². The molecule has 2 aromatic heterocycles. The molecule has 0 spiro atoms. The number of benzene rings is 1. The molecular formula is C18H18F3N5O. The van der Waals surface area contributed by atoms with Crippen LogP contribution in [0.2, 0.25) is 0 Å². The highest BCUT2D eigenvalue weighted by molar-refractivity contribution is 5.78. The lowest BCUT2D eigenvalue weighted by Gasteiger charge is -2.24. The molecule has 0 bridgehead atoms. The molecule has 0 atom stereocenters. The van der Waals surface area contributed by atoms with E-state index in [0.29, 0.717) is 11.9 Å². The van der Waals surface area contributed by atoms with Crippen molar-refractivity contribution in [3.63, 3.8) is 0 Å². The highest BCUT2D eigenvalue weighted by Crippen LogP contribution is 2.30. The lowest BCUT2D eigenvalue weighted by atomic mass is 9.95. The molecule has 6 nitrogen and oxygen atoms in total. The third kappa shape index (κ3) is 3.45. The Kier molecular flexibility index (Phi) is 4.45. The highest BCUT2D eigenvalue weighted by Gasteiger charge is 2.30. The third-order valence-electron chi connectivity index (χ3n) is 5.08. The molecule has 4 rings (SSSR count). The molecule has 0 aliphatic heterocycles. The zero-order valence-corrected chi connectivity index (χ0v) is 14.5. The van der Waals surface area contributed by atoms with Gasteiger partial charge in [-0.25, -0.2) is 4.98 Å². The molecule has 1 saturated carbocycles. The maximum Gasteiger partial charge on any atom is 0.416 e. The van der Waals surface area contributed by atoms with Gasteiger partial charge >= 0.3 is 6.18 Å². The van der Waals surface area contributed by atoms with Crippen LogP contribution in [0.3, 0.4) is 0 Å². The minimum absolute atomic E-state index is 0.0276. The van der Waals surface area contributed by atoms with E-state index >= 15 is 0 Å². The van der Waals surface area contributed by atoms with Gasteiger partial charge in [0.1, 0.15) is 6.33 Å². The third-order valence-corrected chi connectivity index (χ3v) is 5.08. The average Bonchev–Trinajstić information content (AvgIpc) is 3.12. The maximum atomic E-state index is 12.8. The molecular weight excluding hydrogens is 359 g/mol. The predicted molar refractivity (Wildman–Crippen MR) is 92.3 cm³/mol. The van der Waals surface area contributed by atoms with Crippen LogP contribution >= 0.6 is 0 Å². The summed E-state index contributed by atoms with van der Waals surface area (Å²) < 4.78 is 41.9. The molecule has 0 radical (unpaired) electrons. The van der Waals surface area contributed by atoms with Gasteiger partial charge in [0.05, 0.1) is 29.3 Å². The number of nitrogens with zero attached hydrogens (tertiary/aromatic N) is 5. The van der Waals surface area contributed by atoms with Crippen LogP contribution in [0.25, 0.3) is 10.9 Å². The summed E-state index contributed by atoms with van der Waals surface area (Å²) in [4.78, 5) is 16.7. The molecule has 0 N–H and O–H groups in total. The summed E-state index contributed by atoms with van der Waals surface area (Å²) in [6.07, 6.45) is 4.11. The molecule has 1 aliphatic carbocycles. The first-order valence-electron chi connectivity index (χ1n) is 8.88. The van der Waals surface area contributed by atoms with E-state index in [1.54, 1.807) is 6.33 Å². The van der Waals surface area contributed by atoms with Crippen LogP contribution in [-0.2, 0) is 12.7 Å². The van der Waals surface area contributed by atoms with Crippen molar-refractivity contribution >= 4 is 10.9 Å². The number of halogens is 3. The van der Waals surface area contributed by atoms with Gasteiger partial charge < -0.3 is 4.57 Å². The number of fused-ring (bicyclic) bond motifs is 1. The Bertz CT molecular complexity index is 1020. The minimum atomic E-state index is -4.47. The summed E-state index contributed by atoms with van der Waals surface area (Å²) in [7, 11) is 0. The number of rotatable bonds is 3. The molecule has 9 heteroatoms. The SMILES string of the molecule is O=c1c2ccc(C(F)(F)F)cc2ncn1Cc1nncn1C1CCCCC1. The van der Waals surface area contributed by atoms with Crippen LogP contribution < -0.4 is 5.56 Å². The fraction of sp³-hybridized carbons (Fsp3) is 0.444. The molecule has 0 amide bonds. The molecule has 0 saturated heterocycles. The first-order valence-corrected chi connectivity index (χ1v) is 8.88. The van der Waals surface area contributed by atoms with E-state index in [1.165, 1.54) is 23.4 Å². The molecule has 0 unspecified atom stereocenters. The van der Waals surface area contributed by atoms with E-state index < -0.39 is 17.3 Å². The first kappa shape index (κ1) is 17.7. The van der Waals surface area contributed by atoms with E-state index in [0.717, 1.165) is 37.8 Å². The fourth-order valence-corrected chi connectivity index (χ4v) is 3.64. The molecule has 27 heavy (non-hydrogen) atoms. The topological polar surface area (TPSA) is 65.6 Å². The summed E-state index contributed by atoms with van der Waals surface area (Å²) in [6.45, 7) is 0.180. The Hall–Kier alpha value is -2.71. The Balaban J connectivity index is 1.66. The Morgan fingerprint density at radius 3 is 2.63 bits per heavy atom. The number of hydrogen-bond acceptors (Lipinski definition) is 4. The van der Waals surface area contributed by atoms with Gasteiger partial charge in [0.25, 0.3) is 5.56 Å². The Morgan fingerprint density at radius 2 is 1.89 bits per heavy atom. The molecule has 1 fully saturated rings. The van der Waals surface area contributed by atoms with E-state index in [9.17, 15) is 18.0 Å². The van der Waals surface area contributed by atoms with Gasteiger partial charge in [0.2, 0.25) is 0 Å². The van der Waals surface area contributed by atoms with Crippen molar-refractivity contribution < 1.29 is 13.2 Å². The van der Waals surface area contributed by atoms with Crippen molar-refractivity contribution in [1.82, 2.24) is 24.3 Å². The second-order valence-electron chi connectivity index (χ2n) is 6.85. The van der Waals surface area contributed by atoms with E-state index in [2.05, 4.69) is 15.2 Å². The van der Waals surface area contributed by atoms with Crippen molar-refractivity contribution in [1.29, 1.82) is 0 Å². The summed E-state index contributed by atoms with van der Waals surface area (Å²) in [5, 5.41) is 8.25. The van der Waals surface area contributed by atoms with Crippen LogP contribution in [0.15, 0.2) is 35.6 Å². The lowest BCUT2D eigenvalue weighted by molar-refractivity contribution is -0.137. The van der Waals surface area contributed by atoms with E-state index in [-0.39, 0.29) is 17.4 Å². The minimum Gasteiger partial charge on any atom is -0.313 e. The summed E-state index contributed by atoms with van der Waals surface area (Å²) in [5.41, 5.74) is -1.19. The van der Waals surface area contributed by atoms with Crippen molar-refractivity contribution in [3.05, 3.63) is 52.6 Å². The highest BCUT2D eigenvalue weighted by atomic mass is 19.4. The zero-order valence-electron chi connectivity index (χ0n) is 14.5. The molecule has 3 aromatic rings. The van der Waals surface area contributed by atoms with Gasteiger partial charge in [-0.2, -0.15) is 13.2 Å². The second-order valence-corrected chi connectivity index (χ2v) is 6.85. The summed E-state index contributed by atoms with van der Waals surface area (Å²) >= 11 is 0. The predicted octanol–water partition coefficient (Wildman–Crippen LogP) is 3.56. The lowest BCUT2D eigenvalue weighted by Crippen LogP contribution is -2.24. The molecule has 1 aliphatic rings. The number of aromatic nitrogens is 5. The van der Waals surface area contributed by atoms with Crippen LogP contribution in [0.5, 0.6) is 0 Å². The van der Waals surface area contributed by atoms with Gasteiger partial charge in [-0.3, -0.25) is 9.36 Å². The number of hydrogen-bond donors (Lipinski definition) is 0.